The highest BCUT2D eigenvalue weighted by Gasteiger charge is 2.22. The number of sulfonamides is 1. The van der Waals surface area contributed by atoms with Crippen LogP contribution in [0.5, 0.6) is 0 Å². The van der Waals surface area contributed by atoms with Gasteiger partial charge in [0.2, 0.25) is 0 Å². The van der Waals surface area contributed by atoms with E-state index in [0.29, 0.717) is 4.47 Å². The Labute approximate surface area is 92.6 Å². The summed E-state index contributed by atoms with van der Waals surface area (Å²) >= 11 is 5.51. The molecule has 0 saturated carbocycles. The van der Waals surface area contributed by atoms with Crippen molar-refractivity contribution in [3.05, 3.63) is 28.7 Å². The topological polar surface area (TPSA) is 57.6 Å². The van der Waals surface area contributed by atoms with Crippen LogP contribution in [0, 0.1) is 0 Å². The molecular weight excluding hydrogens is 326 g/mol. The molecule has 1 N–H and O–H groups in total. The van der Waals surface area contributed by atoms with Crippen LogP contribution >= 0.6 is 32.1 Å². The first-order valence-corrected chi connectivity index (χ1v) is 6.05. The fourth-order valence-corrected chi connectivity index (χ4v) is 2.83. The zero-order chi connectivity index (χ0) is 10.1. The predicted octanol–water partition coefficient (Wildman–Crippen LogP) is 2.14. The van der Waals surface area contributed by atoms with E-state index in [-0.39, 0.29) is 8.39 Å². The van der Waals surface area contributed by atoms with Crippen molar-refractivity contribution >= 4 is 42.1 Å². The Hall–Kier alpha value is 0.0500. The SMILES string of the molecule is O=S(=O)(c1ccccc1Br)N(O)Br. The van der Waals surface area contributed by atoms with Crippen LogP contribution in [0.25, 0.3) is 0 Å². The molecular formula is C6H5Br2NO3S. The standard InChI is InChI=1S/C6H5Br2NO3S/c7-5-3-1-2-4-6(5)13(11,12)9(8)10/h1-4,10H. The number of benzene rings is 1. The van der Waals surface area contributed by atoms with Gasteiger partial charge in [-0.25, -0.2) is 8.42 Å². The van der Waals surface area contributed by atoms with E-state index in [0.717, 1.165) is 0 Å². The van der Waals surface area contributed by atoms with Crippen molar-refractivity contribution in [3.63, 3.8) is 0 Å². The van der Waals surface area contributed by atoms with E-state index in [1.807, 2.05) is 0 Å². The van der Waals surface area contributed by atoms with Crippen molar-refractivity contribution in [2.75, 3.05) is 0 Å². The summed E-state index contributed by atoms with van der Waals surface area (Å²) in [7, 11) is -3.85. The van der Waals surface area contributed by atoms with Gasteiger partial charge in [-0.1, -0.05) is 12.1 Å². The van der Waals surface area contributed by atoms with Gasteiger partial charge in [-0.05, 0) is 31.6 Å². The lowest BCUT2D eigenvalue weighted by atomic mass is 10.4. The molecule has 13 heavy (non-hydrogen) atoms. The fourth-order valence-electron chi connectivity index (χ4n) is 0.735. The largest absolute Gasteiger partial charge is 0.289 e. The van der Waals surface area contributed by atoms with Crippen LogP contribution in [0.4, 0.5) is 0 Å². The van der Waals surface area contributed by atoms with E-state index < -0.39 is 10.0 Å². The maximum Gasteiger partial charge on any atom is 0.276 e. The number of hydrogen-bond acceptors (Lipinski definition) is 3. The van der Waals surface area contributed by atoms with Gasteiger partial charge < -0.3 is 0 Å². The molecule has 0 aliphatic heterocycles. The lowest BCUT2D eigenvalue weighted by Gasteiger charge is -2.08. The summed E-state index contributed by atoms with van der Waals surface area (Å²) in [5, 5.41) is 8.80. The van der Waals surface area contributed by atoms with E-state index in [9.17, 15) is 8.42 Å². The minimum absolute atomic E-state index is 0.0000926. The Balaban J connectivity index is 3.32. The van der Waals surface area contributed by atoms with E-state index in [1.165, 1.54) is 6.07 Å². The van der Waals surface area contributed by atoms with Crippen LogP contribution in [-0.4, -0.2) is 17.1 Å². The summed E-state index contributed by atoms with van der Waals surface area (Å²) in [6, 6.07) is 6.19. The monoisotopic (exact) mass is 329 g/mol. The number of nitrogens with zero attached hydrogens (tertiary/aromatic N) is 1. The first kappa shape index (κ1) is 11.1. The van der Waals surface area contributed by atoms with Crippen molar-refractivity contribution in [2.24, 2.45) is 0 Å². The first-order chi connectivity index (χ1) is 5.96. The Morgan fingerprint density at radius 2 is 1.85 bits per heavy atom. The van der Waals surface area contributed by atoms with Crippen LogP contribution in [0.2, 0.25) is 0 Å². The summed E-state index contributed by atoms with van der Waals surface area (Å²) in [5.74, 6) is 0. The third-order valence-electron chi connectivity index (χ3n) is 1.31. The first-order valence-electron chi connectivity index (χ1n) is 3.11. The summed E-state index contributed by atoms with van der Waals surface area (Å²) in [5.41, 5.74) is 0. The molecule has 1 rings (SSSR count). The van der Waals surface area contributed by atoms with E-state index in [1.54, 1.807) is 18.2 Å². The molecule has 0 atom stereocenters. The van der Waals surface area contributed by atoms with Crippen LogP contribution in [0.15, 0.2) is 33.6 Å². The maximum atomic E-state index is 11.4. The van der Waals surface area contributed by atoms with Gasteiger partial charge in [0.15, 0.2) is 0 Å². The van der Waals surface area contributed by atoms with Crippen LogP contribution in [0.3, 0.4) is 0 Å². The molecule has 1 aromatic carbocycles. The Kier molecular flexibility index (Phi) is 3.47. The Morgan fingerprint density at radius 1 is 1.31 bits per heavy atom. The lowest BCUT2D eigenvalue weighted by Crippen LogP contribution is -2.17. The van der Waals surface area contributed by atoms with E-state index in [2.05, 4.69) is 32.1 Å². The smallest absolute Gasteiger partial charge is 0.276 e. The molecule has 1 aromatic rings. The highest BCUT2D eigenvalue weighted by Crippen LogP contribution is 2.24. The van der Waals surface area contributed by atoms with Gasteiger partial charge in [0, 0.05) is 4.47 Å². The average Bonchev–Trinajstić information content (AvgIpc) is 2.04. The van der Waals surface area contributed by atoms with E-state index in [4.69, 9.17) is 5.21 Å². The summed E-state index contributed by atoms with van der Waals surface area (Å²) in [6.07, 6.45) is 0. The molecule has 0 unspecified atom stereocenters. The second-order valence-electron chi connectivity index (χ2n) is 2.13. The minimum atomic E-state index is -3.85. The number of halogens is 2. The zero-order valence-electron chi connectivity index (χ0n) is 6.18. The zero-order valence-corrected chi connectivity index (χ0v) is 10.2. The molecule has 0 fully saturated rings. The van der Waals surface area contributed by atoms with Gasteiger partial charge in [0.05, 0.1) is 21.0 Å². The quantitative estimate of drug-likeness (QED) is 0.667. The second-order valence-corrected chi connectivity index (χ2v) is 5.86. The third-order valence-corrected chi connectivity index (χ3v) is 4.72. The van der Waals surface area contributed by atoms with Crippen molar-refractivity contribution in [1.29, 1.82) is 0 Å². The molecule has 72 valence electrons. The van der Waals surface area contributed by atoms with Crippen molar-refractivity contribution < 1.29 is 13.6 Å². The van der Waals surface area contributed by atoms with Gasteiger partial charge in [-0.15, -0.1) is 0 Å². The molecule has 0 bridgehead atoms. The summed E-state index contributed by atoms with van der Waals surface area (Å²) in [4.78, 5) is -0.00521. The highest BCUT2D eigenvalue weighted by molar-refractivity contribution is 9.10. The number of rotatable bonds is 2. The van der Waals surface area contributed by atoms with Gasteiger partial charge in [-0.3, -0.25) is 5.21 Å². The second kappa shape index (κ2) is 4.05. The Morgan fingerprint density at radius 3 is 2.31 bits per heavy atom. The van der Waals surface area contributed by atoms with Gasteiger partial charge in [0.1, 0.15) is 0 Å². The maximum absolute atomic E-state index is 11.4. The van der Waals surface area contributed by atoms with Crippen LogP contribution < -0.4 is 0 Å². The van der Waals surface area contributed by atoms with Gasteiger partial charge >= 0.3 is 0 Å². The third kappa shape index (κ3) is 2.29. The van der Waals surface area contributed by atoms with Gasteiger partial charge in [0.25, 0.3) is 10.0 Å². The van der Waals surface area contributed by atoms with Gasteiger partial charge in [-0.2, -0.15) is 0 Å². The number of hydrogen-bond donors (Lipinski definition) is 1. The highest BCUT2D eigenvalue weighted by atomic mass is 79.9. The average molecular weight is 331 g/mol. The molecule has 0 heterocycles. The minimum Gasteiger partial charge on any atom is -0.289 e. The van der Waals surface area contributed by atoms with Crippen molar-refractivity contribution in [1.82, 2.24) is 3.49 Å². The predicted molar refractivity (Wildman–Crippen MR) is 53.9 cm³/mol. The molecule has 0 amide bonds. The fraction of sp³-hybridized carbons (Fsp3) is 0. The normalized spacial score (nSPS) is 12.0. The van der Waals surface area contributed by atoms with E-state index >= 15 is 0 Å². The molecule has 0 aliphatic rings. The van der Waals surface area contributed by atoms with Crippen molar-refractivity contribution in [3.8, 4) is 0 Å². The van der Waals surface area contributed by atoms with Crippen LogP contribution in [-0.2, 0) is 10.0 Å². The molecule has 4 nitrogen and oxygen atoms in total. The molecule has 0 saturated heterocycles. The molecule has 7 heteroatoms. The van der Waals surface area contributed by atoms with Crippen molar-refractivity contribution in [2.45, 2.75) is 4.90 Å². The Bertz CT molecular complexity index is 404. The van der Waals surface area contributed by atoms with Crippen LogP contribution in [0.1, 0.15) is 0 Å². The molecule has 0 spiro atoms. The molecule has 0 aromatic heterocycles. The lowest BCUT2D eigenvalue weighted by molar-refractivity contribution is 0.118. The summed E-state index contributed by atoms with van der Waals surface area (Å²) in [6.45, 7) is 0. The molecule has 0 aliphatic carbocycles. The summed E-state index contributed by atoms with van der Waals surface area (Å²) < 4.78 is 23.1. The molecule has 0 radical (unpaired) electrons.